The van der Waals surface area contributed by atoms with Crippen molar-refractivity contribution in [2.24, 2.45) is 17.3 Å². The van der Waals surface area contributed by atoms with E-state index in [0.29, 0.717) is 19.3 Å². The van der Waals surface area contributed by atoms with Crippen LogP contribution in [0.4, 0.5) is 0 Å². The van der Waals surface area contributed by atoms with Crippen LogP contribution in [-0.4, -0.2) is 23.9 Å². The number of fused-ring (bicyclic) bond motifs is 1. The average molecular weight is 252 g/mol. The van der Waals surface area contributed by atoms with E-state index in [2.05, 4.69) is 9.47 Å². The van der Waals surface area contributed by atoms with E-state index in [4.69, 9.17) is 0 Å². The molecule has 0 aromatic rings. The summed E-state index contributed by atoms with van der Waals surface area (Å²) in [5.41, 5.74) is -0.517. The third-order valence-electron chi connectivity index (χ3n) is 4.20. The van der Waals surface area contributed by atoms with Gasteiger partial charge in [0.05, 0.1) is 24.7 Å². The number of esters is 4. The highest BCUT2D eigenvalue weighted by Crippen LogP contribution is 2.51. The molecule has 6 heteroatoms. The predicted octanol–water partition coefficient (Wildman–Crippen LogP) is 0.336. The van der Waals surface area contributed by atoms with Crippen molar-refractivity contribution < 1.29 is 28.7 Å². The number of carbonyl (C=O) groups is 4. The van der Waals surface area contributed by atoms with Crippen LogP contribution in [-0.2, 0) is 28.7 Å². The van der Waals surface area contributed by atoms with E-state index in [1.807, 2.05) is 0 Å². The predicted molar refractivity (Wildman–Crippen MR) is 54.7 cm³/mol. The zero-order valence-corrected chi connectivity index (χ0v) is 9.64. The highest BCUT2D eigenvalue weighted by molar-refractivity contribution is 5.97. The van der Waals surface area contributed by atoms with Crippen molar-refractivity contribution >= 4 is 23.9 Å². The fourth-order valence-corrected chi connectivity index (χ4v) is 3.35. The van der Waals surface area contributed by atoms with Gasteiger partial charge in [-0.05, 0) is 24.7 Å². The lowest BCUT2D eigenvalue weighted by Gasteiger charge is -2.40. The lowest BCUT2D eigenvalue weighted by Crippen LogP contribution is -2.42. The number of ether oxygens (including phenoxy) is 2. The van der Waals surface area contributed by atoms with Gasteiger partial charge in [0.25, 0.3) is 0 Å². The normalized spacial score (nSPS) is 34.2. The Morgan fingerprint density at radius 2 is 1.50 bits per heavy atom. The van der Waals surface area contributed by atoms with E-state index in [1.54, 1.807) is 0 Å². The molecule has 0 radical (unpaired) electrons. The summed E-state index contributed by atoms with van der Waals surface area (Å²) in [6.07, 6.45) is 1.73. The summed E-state index contributed by atoms with van der Waals surface area (Å²) in [6, 6.07) is 0. The lowest BCUT2D eigenvalue weighted by molar-refractivity contribution is -0.172. The molecule has 2 unspecified atom stereocenters. The van der Waals surface area contributed by atoms with Crippen molar-refractivity contribution in [3.05, 3.63) is 0 Å². The average Bonchev–Trinajstić information content (AvgIpc) is 2.52. The molecule has 2 aliphatic heterocycles. The van der Waals surface area contributed by atoms with Gasteiger partial charge >= 0.3 is 23.9 Å². The standard InChI is InChI=1S/C12H12O6/c13-8-4-12(5-9(14)17-8)2-1-6-7(3-12)11(16)18-10(6)15/h6-7H,1-5H2. The molecule has 3 aliphatic rings. The number of hydrogen-bond acceptors (Lipinski definition) is 6. The van der Waals surface area contributed by atoms with Crippen LogP contribution in [0.5, 0.6) is 0 Å². The minimum Gasteiger partial charge on any atom is -0.393 e. The molecule has 96 valence electrons. The molecular weight excluding hydrogens is 240 g/mol. The molecule has 1 aliphatic carbocycles. The summed E-state index contributed by atoms with van der Waals surface area (Å²) in [5.74, 6) is -2.95. The second-order valence-corrected chi connectivity index (χ2v) is 5.40. The molecule has 1 spiro atoms. The van der Waals surface area contributed by atoms with Crippen molar-refractivity contribution in [1.29, 1.82) is 0 Å². The molecule has 1 saturated carbocycles. The summed E-state index contributed by atoms with van der Waals surface area (Å²) in [6.45, 7) is 0. The lowest BCUT2D eigenvalue weighted by atomic mass is 9.62. The van der Waals surface area contributed by atoms with Crippen molar-refractivity contribution in [3.8, 4) is 0 Å². The second-order valence-electron chi connectivity index (χ2n) is 5.40. The van der Waals surface area contributed by atoms with Gasteiger partial charge < -0.3 is 9.47 Å². The second kappa shape index (κ2) is 3.63. The smallest absolute Gasteiger partial charge is 0.317 e. The first-order valence-electron chi connectivity index (χ1n) is 5.98. The Morgan fingerprint density at radius 3 is 2.17 bits per heavy atom. The van der Waals surface area contributed by atoms with Gasteiger partial charge in [-0.1, -0.05) is 0 Å². The number of cyclic esters (lactones) is 4. The van der Waals surface area contributed by atoms with Crippen LogP contribution in [0.2, 0.25) is 0 Å². The van der Waals surface area contributed by atoms with Crippen LogP contribution in [0, 0.1) is 17.3 Å². The fourth-order valence-electron chi connectivity index (χ4n) is 3.35. The summed E-state index contributed by atoms with van der Waals surface area (Å²) < 4.78 is 9.13. The summed E-state index contributed by atoms with van der Waals surface area (Å²) in [4.78, 5) is 45.7. The van der Waals surface area contributed by atoms with Crippen molar-refractivity contribution in [2.75, 3.05) is 0 Å². The molecular formula is C12H12O6. The van der Waals surface area contributed by atoms with E-state index >= 15 is 0 Å². The molecule has 2 heterocycles. The van der Waals surface area contributed by atoms with Crippen LogP contribution in [0.15, 0.2) is 0 Å². The maximum atomic E-state index is 11.6. The monoisotopic (exact) mass is 252 g/mol. The van der Waals surface area contributed by atoms with Gasteiger partial charge in [0.15, 0.2) is 0 Å². The van der Waals surface area contributed by atoms with Crippen molar-refractivity contribution in [1.82, 2.24) is 0 Å². The maximum Gasteiger partial charge on any atom is 0.317 e. The van der Waals surface area contributed by atoms with Gasteiger partial charge in [-0.2, -0.15) is 0 Å². The van der Waals surface area contributed by atoms with E-state index in [0.717, 1.165) is 0 Å². The first kappa shape index (κ1) is 11.4. The van der Waals surface area contributed by atoms with Crippen molar-refractivity contribution in [2.45, 2.75) is 32.1 Å². The highest BCUT2D eigenvalue weighted by atomic mass is 16.6. The van der Waals surface area contributed by atoms with E-state index in [9.17, 15) is 19.2 Å². The van der Waals surface area contributed by atoms with Gasteiger partial charge in [0.2, 0.25) is 0 Å². The van der Waals surface area contributed by atoms with Gasteiger partial charge in [0.1, 0.15) is 0 Å². The summed E-state index contributed by atoms with van der Waals surface area (Å²) in [5, 5.41) is 0. The van der Waals surface area contributed by atoms with E-state index < -0.39 is 41.1 Å². The van der Waals surface area contributed by atoms with Crippen LogP contribution < -0.4 is 0 Å². The Labute approximate surface area is 103 Å². The van der Waals surface area contributed by atoms with Crippen LogP contribution in [0.3, 0.4) is 0 Å². The molecule has 6 nitrogen and oxygen atoms in total. The van der Waals surface area contributed by atoms with E-state index in [-0.39, 0.29) is 12.8 Å². The minimum atomic E-state index is -0.539. The topological polar surface area (TPSA) is 86.7 Å². The Kier molecular flexibility index (Phi) is 2.30. The molecule has 18 heavy (non-hydrogen) atoms. The molecule has 2 atom stereocenters. The van der Waals surface area contributed by atoms with E-state index in [1.165, 1.54) is 0 Å². The van der Waals surface area contributed by atoms with Gasteiger partial charge in [0, 0.05) is 0 Å². The quantitative estimate of drug-likeness (QED) is 0.456. The Hall–Kier alpha value is -1.72. The zero-order chi connectivity index (χ0) is 12.9. The molecule has 3 rings (SSSR count). The molecule has 0 aromatic heterocycles. The molecule has 3 fully saturated rings. The third-order valence-corrected chi connectivity index (χ3v) is 4.20. The van der Waals surface area contributed by atoms with Crippen LogP contribution >= 0.6 is 0 Å². The number of hydrogen-bond donors (Lipinski definition) is 0. The summed E-state index contributed by atoms with van der Waals surface area (Å²) >= 11 is 0. The zero-order valence-electron chi connectivity index (χ0n) is 9.64. The Bertz CT molecular complexity index is 449. The molecule has 0 bridgehead atoms. The first-order valence-corrected chi connectivity index (χ1v) is 5.98. The Balaban J connectivity index is 1.84. The van der Waals surface area contributed by atoms with Crippen molar-refractivity contribution in [3.63, 3.8) is 0 Å². The third kappa shape index (κ3) is 1.63. The Morgan fingerprint density at radius 1 is 0.889 bits per heavy atom. The maximum absolute atomic E-state index is 11.6. The SMILES string of the molecule is O=C1CC2(CCC3C(=O)OC(=O)C3C2)CC(=O)O1. The van der Waals surface area contributed by atoms with Crippen LogP contribution in [0.1, 0.15) is 32.1 Å². The minimum absolute atomic E-state index is 0.142. The molecule has 2 saturated heterocycles. The molecule has 0 aromatic carbocycles. The first-order chi connectivity index (χ1) is 8.49. The largest absolute Gasteiger partial charge is 0.393 e. The van der Waals surface area contributed by atoms with Gasteiger partial charge in [-0.3, -0.25) is 19.2 Å². The summed E-state index contributed by atoms with van der Waals surface area (Å²) in [7, 11) is 0. The van der Waals surface area contributed by atoms with Crippen LogP contribution in [0.25, 0.3) is 0 Å². The number of rotatable bonds is 0. The van der Waals surface area contributed by atoms with Gasteiger partial charge in [-0.15, -0.1) is 0 Å². The molecule has 0 N–H and O–H groups in total. The number of carbonyl (C=O) groups excluding carboxylic acids is 4. The highest BCUT2D eigenvalue weighted by Gasteiger charge is 2.54. The van der Waals surface area contributed by atoms with Gasteiger partial charge in [-0.25, -0.2) is 0 Å². The fraction of sp³-hybridized carbons (Fsp3) is 0.667. The molecule has 0 amide bonds.